The molecule has 7 heteroatoms. The molecule has 7 nitrogen and oxygen atoms in total. The zero-order valence-corrected chi connectivity index (χ0v) is 11.8. The van der Waals surface area contributed by atoms with Crippen LogP contribution in [0.25, 0.3) is 11.5 Å². The van der Waals surface area contributed by atoms with E-state index in [-0.39, 0.29) is 11.9 Å². The highest BCUT2D eigenvalue weighted by molar-refractivity contribution is 5.81. The summed E-state index contributed by atoms with van der Waals surface area (Å²) in [6.45, 7) is 7.00. The van der Waals surface area contributed by atoms with Crippen molar-refractivity contribution in [3.8, 4) is 11.5 Å². The first-order valence-corrected chi connectivity index (χ1v) is 6.76. The highest BCUT2D eigenvalue weighted by atomic mass is 16.3. The first-order chi connectivity index (χ1) is 9.63. The third-order valence-corrected chi connectivity index (χ3v) is 3.61. The maximum Gasteiger partial charge on any atom is 0.245 e. The molecule has 1 aliphatic heterocycles. The highest BCUT2D eigenvalue weighted by Gasteiger charge is 2.33. The number of carbonyl (C=O) groups excluding carboxylic acids is 1. The summed E-state index contributed by atoms with van der Waals surface area (Å²) in [6, 6.07) is -0.314. The van der Waals surface area contributed by atoms with E-state index in [1.165, 1.54) is 6.39 Å². The third-order valence-electron chi connectivity index (χ3n) is 3.61. The van der Waals surface area contributed by atoms with Crippen molar-refractivity contribution in [2.45, 2.75) is 39.8 Å². The average Bonchev–Trinajstić information content (AvgIpc) is 3.01. The first kappa shape index (κ1) is 12.8. The summed E-state index contributed by atoms with van der Waals surface area (Å²) < 4.78 is 7.07. The van der Waals surface area contributed by atoms with Crippen LogP contribution in [-0.2, 0) is 11.3 Å². The lowest BCUT2D eigenvalue weighted by molar-refractivity contribution is -0.136. The fourth-order valence-electron chi connectivity index (χ4n) is 2.60. The van der Waals surface area contributed by atoms with Crippen molar-refractivity contribution >= 4 is 5.91 Å². The molecule has 3 heterocycles. The van der Waals surface area contributed by atoms with Crippen molar-refractivity contribution < 1.29 is 9.21 Å². The van der Waals surface area contributed by atoms with E-state index in [4.69, 9.17) is 4.42 Å². The van der Waals surface area contributed by atoms with E-state index in [0.29, 0.717) is 23.8 Å². The standard InChI is InChI=1S/C13H17N5O2/c1-4-5-17-6-10-15-16-12(11-9(3)20-7-14-11)18(10)8(2)13(17)19/h7-8H,4-6H2,1-3H3/t8-/m1/s1. The SMILES string of the molecule is CCCN1Cc2nnc(-c3ncoc3C)n2[C@H](C)C1=O. The number of nitrogens with zero attached hydrogens (tertiary/aromatic N) is 5. The second-order valence-electron chi connectivity index (χ2n) is 5.00. The van der Waals surface area contributed by atoms with E-state index in [9.17, 15) is 4.79 Å². The monoisotopic (exact) mass is 275 g/mol. The van der Waals surface area contributed by atoms with Crippen LogP contribution in [0.1, 0.15) is 37.9 Å². The van der Waals surface area contributed by atoms with Gasteiger partial charge < -0.3 is 9.32 Å². The molecule has 0 radical (unpaired) electrons. The predicted molar refractivity (Wildman–Crippen MR) is 70.7 cm³/mol. The van der Waals surface area contributed by atoms with Crippen molar-refractivity contribution in [2.24, 2.45) is 0 Å². The first-order valence-electron chi connectivity index (χ1n) is 6.76. The summed E-state index contributed by atoms with van der Waals surface area (Å²) in [5.41, 5.74) is 0.646. The average molecular weight is 275 g/mol. The maximum atomic E-state index is 12.4. The number of carbonyl (C=O) groups is 1. The van der Waals surface area contributed by atoms with Crippen LogP contribution in [0.15, 0.2) is 10.8 Å². The molecule has 106 valence electrons. The number of fused-ring (bicyclic) bond motifs is 1. The summed E-state index contributed by atoms with van der Waals surface area (Å²) in [7, 11) is 0. The minimum absolute atomic E-state index is 0.0987. The molecule has 3 rings (SSSR count). The van der Waals surface area contributed by atoms with Crippen LogP contribution in [0.5, 0.6) is 0 Å². The molecule has 1 atom stereocenters. The second-order valence-corrected chi connectivity index (χ2v) is 5.00. The molecule has 0 unspecified atom stereocenters. The number of oxazole rings is 1. The van der Waals surface area contributed by atoms with Gasteiger partial charge in [0.25, 0.3) is 0 Å². The predicted octanol–water partition coefficient (Wildman–Crippen LogP) is 1.55. The molecule has 2 aromatic heterocycles. The molecular weight excluding hydrogens is 258 g/mol. The summed E-state index contributed by atoms with van der Waals surface area (Å²) in [5, 5.41) is 8.40. The van der Waals surface area contributed by atoms with Gasteiger partial charge in [0, 0.05) is 6.54 Å². The highest BCUT2D eigenvalue weighted by Crippen LogP contribution is 2.28. The zero-order valence-electron chi connectivity index (χ0n) is 11.8. The fraction of sp³-hybridized carbons (Fsp3) is 0.538. The van der Waals surface area contributed by atoms with Crippen LogP contribution in [0.4, 0.5) is 0 Å². The van der Waals surface area contributed by atoms with Gasteiger partial charge in [-0.1, -0.05) is 6.92 Å². The fourth-order valence-corrected chi connectivity index (χ4v) is 2.60. The Morgan fingerprint density at radius 1 is 1.45 bits per heavy atom. The number of hydrogen-bond donors (Lipinski definition) is 0. The summed E-state index contributed by atoms with van der Waals surface area (Å²) in [5.74, 6) is 2.17. The van der Waals surface area contributed by atoms with E-state index >= 15 is 0 Å². The Hall–Kier alpha value is -2.18. The molecule has 0 saturated carbocycles. The van der Waals surface area contributed by atoms with Crippen LogP contribution < -0.4 is 0 Å². The Kier molecular flexibility index (Phi) is 3.04. The summed E-state index contributed by atoms with van der Waals surface area (Å²) >= 11 is 0. The Labute approximate surface area is 116 Å². The van der Waals surface area contributed by atoms with Gasteiger partial charge in [0.2, 0.25) is 5.91 Å². The van der Waals surface area contributed by atoms with E-state index in [1.54, 1.807) is 0 Å². The normalized spacial score (nSPS) is 18.4. The van der Waals surface area contributed by atoms with E-state index in [0.717, 1.165) is 18.8 Å². The minimum Gasteiger partial charge on any atom is -0.448 e. The molecule has 0 aromatic carbocycles. The topological polar surface area (TPSA) is 77.1 Å². The number of amides is 1. The lowest BCUT2D eigenvalue weighted by atomic mass is 10.2. The number of aryl methyl sites for hydroxylation is 1. The molecule has 0 N–H and O–H groups in total. The lowest BCUT2D eigenvalue weighted by Crippen LogP contribution is -2.42. The third kappa shape index (κ3) is 1.81. The molecule has 0 saturated heterocycles. The van der Waals surface area contributed by atoms with Crippen molar-refractivity contribution in [3.05, 3.63) is 18.0 Å². The zero-order chi connectivity index (χ0) is 14.3. The van der Waals surface area contributed by atoms with Crippen molar-refractivity contribution in [2.75, 3.05) is 6.54 Å². The van der Waals surface area contributed by atoms with E-state index in [1.807, 2.05) is 23.3 Å². The van der Waals surface area contributed by atoms with Crippen LogP contribution in [0, 0.1) is 6.92 Å². The van der Waals surface area contributed by atoms with Crippen LogP contribution in [0.3, 0.4) is 0 Å². The van der Waals surface area contributed by atoms with Gasteiger partial charge >= 0.3 is 0 Å². The van der Waals surface area contributed by atoms with Crippen LogP contribution in [-0.4, -0.2) is 37.1 Å². The van der Waals surface area contributed by atoms with Gasteiger partial charge in [0.15, 0.2) is 18.0 Å². The van der Waals surface area contributed by atoms with Gasteiger partial charge in [0.05, 0.1) is 6.54 Å². The Balaban J connectivity index is 2.05. The van der Waals surface area contributed by atoms with Crippen molar-refractivity contribution in [3.63, 3.8) is 0 Å². The van der Waals surface area contributed by atoms with Gasteiger partial charge in [-0.25, -0.2) is 4.98 Å². The minimum atomic E-state index is -0.314. The Bertz CT molecular complexity index is 645. The number of hydrogen-bond acceptors (Lipinski definition) is 5. The summed E-state index contributed by atoms with van der Waals surface area (Å²) in [4.78, 5) is 18.4. The van der Waals surface area contributed by atoms with E-state index < -0.39 is 0 Å². The molecular formula is C13H17N5O2. The Morgan fingerprint density at radius 3 is 2.90 bits per heavy atom. The Morgan fingerprint density at radius 2 is 2.25 bits per heavy atom. The summed E-state index contributed by atoms with van der Waals surface area (Å²) in [6.07, 6.45) is 2.31. The van der Waals surface area contributed by atoms with Gasteiger partial charge in [-0.2, -0.15) is 0 Å². The largest absolute Gasteiger partial charge is 0.448 e. The van der Waals surface area contributed by atoms with E-state index in [2.05, 4.69) is 22.1 Å². The quantitative estimate of drug-likeness (QED) is 0.849. The molecule has 2 aromatic rings. The molecule has 1 aliphatic rings. The molecule has 0 spiro atoms. The molecule has 0 aliphatic carbocycles. The number of aromatic nitrogens is 4. The van der Waals surface area contributed by atoms with Crippen LogP contribution >= 0.6 is 0 Å². The second kappa shape index (κ2) is 4.73. The number of rotatable bonds is 3. The van der Waals surface area contributed by atoms with Crippen LogP contribution in [0.2, 0.25) is 0 Å². The van der Waals surface area contributed by atoms with Crippen molar-refractivity contribution in [1.29, 1.82) is 0 Å². The van der Waals surface area contributed by atoms with Crippen molar-refractivity contribution in [1.82, 2.24) is 24.6 Å². The lowest BCUT2D eigenvalue weighted by Gasteiger charge is -2.31. The molecule has 1 amide bonds. The van der Waals surface area contributed by atoms with Gasteiger partial charge in [-0.3, -0.25) is 9.36 Å². The molecule has 20 heavy (non-hydrogen) atoms. The van der Waals surface area contributed by atoms with Gasteiger partial charge in [0.1, 0.15) is 17.5 Å². The molecule has 0 bridgehead atoms. The molecule has 0 fully saturated rings. The van der Waals surface area contributed by atoms with Gasteiger partial charge in [-0.05, 0) is 20.3 Å². The smallest absolute Gasteiger partial charge is 0.245 e. The maximum absolute atomic E-state index is 12.4. The van der Waals surface area contributed by atoms with Gasteiger partial charge in [-0.15, -0.1) is 10.2 Å².